The molecule has 0 saturated carbocycles. The van der Waals surface area contributed by atoms with E-state index in [1.165, 1.54) is 0 Å². The monoisotopic (exact) mass is 188 g/mol. The normalized spacial score (nSPS) is 13.5. The van der Waals surface area contributed by atoms with Crippen LogP contribution < -0.4 is 0 Å². The fourth-order valence-electron chi connectivity index (χ4n) is 0.777. The number of hydrogen-bond acceptors (Lipinski definition) is 3. The Labute approximate surface area is 80.4 Å². The Morgan fingerprint density at radius 1 is 1.23 bits per heavy atom. The summed E-state index contributed by atoms with van der Waals surface area (Å²) in [6, 6.07) is 0. The molecule has 78 valence electrons. The summed E-state index contributed by atoms with van der Waals surface area (Å²) in [4.78, 5) is 11.2. The minimum absolute atomic E-state index is 0.0879. The Balaban J connectivity index is 3.90. The Morgan fingerprint density at radius 2 is 1.77 bits per heavy atom. The topological polar surface area (TPSA) is 35.5 Å². The maximum absolute atomic E-state index is 11.2. The Morgan fingerprint density at radius 3 is 2.08 bits per heavy atom. The van der Waals surface area contributed by atoms with Gasteiger partial charge in [0, 0.05) is 6.42 Å². The van der Waals surface area contributed by atoms with Gasteiger partial charge in [0.1, 0.15) is 0 Å². The Bertz CT molecular complexity index is 152. The van der Waals surface area contributed by atoms with Crippen molar-refractivity contribution in [3.8, 4) is 0 Å². The summed E-state index contributed by atoms with van der Waals surface area (Å²) in [5.74, 6) is -0.294. The summed E-state index contributed by atoms with van der Waals surface area (Å²) < 4.78 is 10.5. The molecule has 0 fully saturated rings. The molecule has 0 heterocycles. The van der Waals surface area contributed by atoms with E-state index in [-0.39, 0.29) is 18.0 Å². The van der Waals surface area contributed by atoms with Crippen LogP contribution in [0.5, 0.6) is 0 Å². The predicted molar refractivity (Wildman–Crippen MR) is 51.2 cm³/mol. The molecule has 0 aromatic heterocycles. The van der Waals surface area contributed by atoms with Crippen LogP contribution in [0.25, 0.3) is 0 Å². The Hall–Kier alpha value is -0.570. The van der Waals surface area contributed by atoms with Crippen LogP contribution >= 0.6 is 0 Å². The first kappa shape index (κ1) is 12.4. The molecule has 0 aromatic carbocycles. The van der Waals surface area contributed by atoms with Gasteiger partial charge in [-0.3, -0.25) is 4.79 Å². The standard InChI is InChI=1S/C10H20O3/c1-6-9(12-8(4)5)13-10(11)7(2)3/h7-9H,6H2,1-5H3. The molecule has 0 rings (SSSR count). The minimum Gasteiger partial charge on any atom is -0.436 e. The molecule has 1 unspecified atom stereocenters. The highest BCUT2D eigenvalue weighted by molar-refractivity contribution is 5.71. The third kappa shape index (κ3) is 5.64. The zero-order valence-electron chi connectivity index (χ0n) is 9.16. The quantitative estimate of drug-likeness (QED) is 0.490. The van der Waals surface area contributed by atoms with E-state index in [0.29, 0.717) is 6.42 Å². The van der Waals surface area contributed by atoms with Crippen molar-refractivity contribution in [1.29, 1.82) is 0 Å². The number of esters is 1. The number of rotatable bonds is 5. The van der Waals surface area contributed by atoms with Crippen molar-refractivity contribution < 1.29 is 14.3 Å². The number of hydrogen-bond donors (Lipinski definition) is 0. The highest BCUT2D eigenvalue weighted by atomic mass is 16.7. The molecule has 0 radical (unpaired) electrons. The lowest BCUT2D eigenvalue weighted by molar-refractivity contribution is -0.190. The van der Waals surface area contributed by atoms with Crippen LogP contribution in [-0.2, 0) is 14.3 Å². The summed E-state index contributed by atoms with van der Waals surface area (Å²) in [7, 11) is 0. The van der Waals surface area contributed by atoms with E-state index < -0.39 is 6.29 Å². The van der Waals surface area contributed by atoms with Crippen LogP contribution in [0.4, 0.5) is 0 Å². The molecular weight excluding hydrogens is 168 g/mol. The first-order chi connectivity index (χ1) is 5.97. The summed E-state index contributed by atoms with van der Waals surface area (Å²) in [6.07, 6.45) is 0.385. The lowest BCUT2D eigenvalue weighted by atomic mass is 10.2. The Kier molecular flexibility index (Phi) is 5.71. The van der Waals surface area contributed by atoms with E-state index in [4.69, 9.17) is 9.47 Å². The number of ether oxygens (including phenoxy) is 2. The van der Waals surface area contributed by atoms with E-state index in [2.05, 4.69) is 0 Å². The van der Waals surface area contributed by atoms with Gasteiger partial charge in [-0.2, -0.15) is 0 Å². The fraction of sp³-hybridized carbons (Fsp3) is 0.900. The van der Waals surface area contributed by atoms with Gasteiger partial charge in [0.05, 0.1) is 12.0 Å². The van der Waals surface area contributed by atoms with Crippen molar-refractivity contribution in [2.45, 2.75) is 53.4 Å². The van der Waals surface area contributed by atoms with Crippen LogP contribution in [0.3, 0.4) is 0 Å². The molecule has 0 saturated heterocycles. The van der Waals surface area contributed by atoms with Gasteiger partial charge in [0.2, 0.25) is 6.29 Å². The van der Waals surface area contributed by atoms with Gasteiger partial charge >= 0.3 is 5.97 Å². The van der Waals surface area contributed by atoms with Gasteiger partial charge in [-0.25, -0.2) is 0 Å². The largest absolute Gasteiger partial charge is 0.436 e. The van der Waals surface area contributed by atoms with Crippen molar-refractivity contribution in [2.75, 3.05) is 0 Å². The van der Waals surface area contributed by atoms with Gasteiger partial charge in [-0.15, -0.1) is 0 Å². The number of carbonyl (C=O) groups excluding carboxylic acids is 1. The van der Waals surface area contributed by atoms with Crippen molar-refractivity contribution >= 4 is 5.97 Å². The van der Waals surface area contributed by atoms with Gasteiger partial charge in [-0.05, 0) is 13.8 Å². The van der Waals surface area contributed by atoms with Crippen molar-refractivity contribution in [2.24, 2.45) is 5.92 Å². The molecule has 0 aliphatic carbocycles. The molecule has 13 heavy (non-hydrogen) atoms. The van der Waals surface area contributed by atoms with Crippen LogP contribution in [0.1, 0.15) is 41.0 Å². The highest BCUT2D eigenvalue weighted by Crippen LogP contribution is 2.07. The van der Waals surface area contributed by atoms with Crippen LogP contribution in [-0.4, -0.2) is 18.4 Å². The van der Waals surface area contributed by atoms with E-state index in [1.807, 2.05) is 34.6 Å². The maximum Gasteiger partial charge on any atom is 0.310 e. The van der Waals surface area contributed by atoms with Crippen molar-refractivity contribution in [1.82, 2.24) is 0 Å². The third-order valence-electron chi connectivity index (χ3n) is 1.48. The minimum atomic E-state index is -0.394. The molecular formula is C10H20O3. The van der Waals surface area contributed by atoms with E-state index in [0.717, 1.165) is 0 Å². The van der Waals surface area contributed by atoms with Gasteiger partial charge in [0.25, 0.3) is 0 Å². The molecule has 0 amide bonds. The zero-order chi connectivity index (χ0) is 10.4. The van der Waals surface area contributed by atoms with Gasteiger partial charge < -0.3 is 9.47 Å². The second-order valence-electron chi connectivity index (χ2n) is 3.61. The summed E-state index contributed by atoms with van der Waals surface area (Å²) >= 11 is 0. The first-order valence-corrected chi connectivity index (χ1v) is 4.83. The fourth-order valence-corrected chi connectivity index (χ4v) is 0.777. The van der Waals surface area contributed by atoms with Crippen LogP contribution in [0, 0.1) is 5.92 Å². The zero-order valence-corrected chi connectivity index (χ0v) is 9.16. The van der Waals surface area contributed by atoms with Crippen molar-refractivity contribution in [3.63, 3.8) is 0 Å². The van der Waals surface area contributed by atoms with Gasteiger partial charge in [-0.1, -0.05) is 20.8 Å². The summed E-state index contributed by atoms with van der Waals surface area (Å²) in [5.41, 5.74) is 0. The lowest BCUT2D eigenvalue weighted by Crippen LogP contribution is -2.26. The molecule has 0 N–H and O–H groups in total. The first-order valence-electron chi connectivity index (χ1n) is 4.83. The third-order valence-corrected chi connectivity index (χ3v) is 1.48. The van der Waals surface area contributed by atoms with Crippen LogP contribution in [0.2, 0.25) is 0 Å². The SMILES string of the molecule is CCC(OC(=O)C(C)C)OC(C)C. The average molecular weight is 188 g/mol. The molecule has 0 aromatic rings. The molecule has 1 atom stereocenters. The molecule has 3 nitrogen and oxygen atoms in total. The second kappa shape index (κ2) is 5.97. The predicted octanol–water partition coefficient (Wildman–Crippen LogP) is 2.35. The number of carbonyl (C=O) groups is 1. The molecule has 3 heteroatoms. The lowest BCUT2D eigenvalue weighted by Gasteiger charge is -2.20. The smallest absolute Gasteiger partial charge is 0.310 e. The second-order valence-corrected chi connectivity index (χ2v) is 3.61. The van der Waals surface area contributed by atoms with E-state index in [9.17, 15) is 4.79 Å². The van der Waals surface area contributed by atoms with Crippen molar-refractivity contribution in [3.05, 3.63) is 0 Å². The molecule has 0 aliphatic rings. The summed E-state index contributed by atoms with van der Waals surface area (Å²) in [5, 5.41) is 0. The van der Waals surface area contributed by atoms with E-state index in [1.54, 1.807) is 0 Å². The summed E-state index contributed by atoms with van der Waals surface area (Å²) in [6.45, 7) is 9.40. The average Bonchev–Trinajstić information content (AvgIpc) is 2.02. The molecule has 0 bridgehead atoms. The maximum atomic E-state index is 11.2. The van der Waals surface area contributed by atoms with Gasteiger partial charge in [0.15, 0.2) is 0 Å². The van der Waals surface area contributed by atoms with E-state index >= 15 is 0 Å². The van der Waals surface area contributed by atoms with Crippen LogP contribution in [0.15, 0.2) is 0 Å². The highest BCUT2D eigenvalue weighted by Gasteiger charge is 2.16. The molecule has 0 spiro atoms. The molecule has 0 aliphatic heterocycles.